The molecule has 0 aromatic carbocycles. The van der Waals surface area contributed by atoms with Gasteiger partial charge in [0, 0.05) is 6.20 Å². The molecule has 0 saturated heterocycles. The van der Waals surface area contributed by atoms with Crippen LogP contribution in [0.4, 0.5) is 5.69 Å². The summed E-state index contributed by atoms with van der Waals surface area (Å²) in [5, 5.41) is 7.02. The Morgan fingerprint density at radius 3 is 2.80 bits per heavy atom. The minimum Gasteiger partial charge on any atom is -0.322 e. The lowest BCUT2D eigenvalue weighted by Crippen LogP contribution is -2.32. The monoisotopic (exact) mass is 273 g/mol. The van der Waals surface area contributed by atoms with E-state index in [1.807, 2.05) is 32.0 Å². The zero-order chi connectivity index (χ0) is 14.4. The molecule has 0 atom stereocenters. The Morgan fingerprint density at radius 1 is 1.35 bits per heavy atom. The second-order valence-corrected chi connectivity index (χ2v) is 4.37. The summed E-state index contributed by atoms with van der Waals surface area (Å²) in [4.78, 5) is 18.1. The van der Waals surface area contributed by atoms with Crippen LogP contribution < -0.4 is 5.32 Å². The molecule has 0 bridgehead atoms. The van der Waals surface area contributed by atoms with E-state index in [0.29, 0.717) is 12.2 Å². The molecule has 0 aliphatic rings. The van der Waals surface area contributed by atoms with Crippen LogP contribution in [0.5, 0.6) is 0 Å². The predicted octanol–water partition coefficient (Wildman–Crippen LogP) is 1.55. The molecule has 2 heterocycles. The number of amides is 1. The van der Waals surface area contributed by atoms with Crippen molar-refractivity contribution in [1.29, 1.82) is 0 Å². The van der Waals surface area contributed by atoms with E-state index in [1.165, 1.54) is 0 Å². The van der Waals surface area contributed by atoms with Crippen molar-refractivity contribution in [3.8, 4) is 5.82 Å². The number of rotatable bonds is 6. The first-order valence-corrected chi connectivity index (χ1v) is 6.71. The molecule has 2 aromatic heterocycles. The maximum Gasteiger partial charge on any atom is 0.238 e. The number of likely N-dealkylation sites (N-methyl/N-ethyl adjacent to an activating group) is 1. The molecule has 2 rings (SSSR count). The van der Waals surface area contributed by atoms with E-state index in [0.717, 1.165) is 18.9 Å². The average molecular weight is 273 g/mol. The van der Waals surface area contributed by atoms with Gasteiger partial charge in [0.2, 0.25) is 5.91 Å². The van der Waals surface area contributed by atoms with E-state index < -0.39 is 0 Å². The van der Waals surface area contributed by atoms with Gasteiger partial charge in [-0.05, 0) is 25.2 Å². The molecule has 2 aromatic rings. The summed E-state index contributed by atoms with van der Waals surface area (Å²) < 4.78 is 1.63. The third-order valence-electron chi connectivity index (χ3n) is 3.01. The molecule has 0 aliphatic carbocycles. The van der Waals surface area contributed by atoms with Gasteiger partial charge in [0.05, 0.1) is 24.6 Å². The summed E-state index contributed by atoms with van der Waals surface area (Å²) in [7, 11) is 0. The van der Waals surface area contributed by atoms with Gasteiger partial charge >= 0.3 is 0 Å². The molecule has 0 aliphatic heterocycles. The lowest BCUT2D eigenvalue weighted by atomic mass is 10.4. The van der Waals surface area contributed by atoms with E-state index in [4.69, 9.17) is 0 Å². The van der Waals surface area contributed by atoms with Crippen molar-refractivity contribution in [2.45, 2.75) is 13.8 Å². The van der Waals surface area contributed by atoms with Gasteiger partial charge in [-0.2, -0.15) is 5.10 Å². The van der Waals surface area contributed by atoms with E-state index >= 15 is 0 Å². The SMILES string of the molecule is CCN(CC)CC(=O)Nc1cnn(-c2ccccn2)c1. The summed E-state index contributed by atoms with van der Waals surface area (Å²) in [6, 6.07) is 5.59. The van der Waals surface area contributed by atoms with Gasteiger partial charge in [0.1, 0.15) is 0 Å². The van der Waals surface area contributed by atoms with E-state index in [9.17, 15) is 4.79 Å². The van der Waals surface area contributed by atoms with Crippen molar-refractivity contribution in [2.24, 2.45) is 0 Å². The quantitative estimate of drug-likeness (QED) is 0.867. The van der Waals surface area contributed by atoms with Crippen LogP contribution in [-0.2, 0) is 4.79 Å². The average Bonchev–Trinajstić information content (AvgIpc) is 2.94. The molecule has 6 heteroatoms. The van der Waals surface area contributed by atoms with Crippen LogP contribution in [0.1, 0.15) is 13.8 Å². The number of nitrogens with zero attached hydrogens (tertiary/aromatic N) is 4. The lowest BCUT2D eigenvalue weighted by molar-refractivity contribution is -0.117. The number of hydrogen-bond donors (Lipinski definition) is 1. The fraction of sp³-hybridized carbons (Fsp3) is 0.357. The van der Waals surface area contributed by atoms with Gasteiger partial charge in [-0.15, -0.1) is 0 Å². The topological polar surface area (TPSA) is 63.1 Å². The number of anilines is 1. The Balaban J connectivity index is 1.98. The van der Waals surface area contributed by atoms with Gasteiger partial charge < -0.3 is 5.32 Å². The Bertz CT molecular complexity index is 548. The predicted molar refractivity (Wildman–Crippen MR) is 77.8 cm³/mol. The standard InChI is InChI=1S/C14H19N5O/c1-3-18(4-2)11-14(20)17-12-9-16-19(10-12)13-7-5-6-8-15-13/h5-10H,3-4,11H2,1-2H3,(H,17,20). The van der Waals surface area contributed by atoms with Gasteiger partial charge in [0.15, 0.2) is 5.82 Å². The largest absolute Gasteiger partial charge is 0.322 e. The van der Waals surface area contributed by atoms with Crippen molar-refractivity contribution in [3.05, 3.63) is 36.8 Å². The maximum absolute atomic E-state index is 11.9. The number of hydrogen-bond acceptors (Lipinski definition) is 4. The summed E-state index contributed by atoms with van der Waals surface area (Å²) in [5.41, 5.74) is 0.674. The highest BCUT2D eigenvalue weighted by molar-refractivity contribution is 5.92. The molecule has 1 amide bonds. The zero-order valence-corrected chi connectivity index (χ0v) is 11.8. The molecule has 1 N–H and O–H groups in total. The van der Waals surface area contributed by atoms with E-state index in [1.54, 1.807) is 23.3 Å². The number of carbonyl (C=O) groups excluding carboxylic acids is 1. The Morgan fingerprint density at radius 2 is 2.15 bits per heavy atom. The molecule has 106 valence electrons. The van der Waals surface area contributed by atoms with E-state index in [-0.39, 0.29) is 5.91 Å². The maximum atomic E-state index is 11.9. The first kappa shape index (κ1) is 14.2. The molecule has 20 heavy (non-hydrogen) atoms. The minimum absolute atomic E-state index is 0.0331. The van der Waals surface area contributed by atoms with E-state index in [2.05, 4.69) is 20.3 Å². The highest BCUT2D eigenvalue weighted by atomic mass is 16.2. The normalized spacial score (nSPS) is 10.8. The molecule has 0 spiro atoms. The van der Waals surface area contributed by atoms with Crippen LogP contribution in [0.2, 0.25) is 0 Å². The van der Waals surface area contributed by atoms with Crippen LogP contribution in [-0.4, -0.2) is 45.2 Å². The molecule has 6 nitrogen and oxygen atoms in total. The van der Waals surface area contributed by atoms with Crippen molar-refractivity contribution in [2.75, 3.05) is 25.0 Å². The van der Waals surface area contributed by atoms with Crippen molar-refractivity contribution < 1.29 is 4.79 Å². The summed E-state index contributed by atoms with van der Waals surface area (Å²) in [6.07, 6.45) is 5.08. The third-order valence-corrected chi connectivity index (χ3v) is 3.01. The Kier molecular flexibility index (Phi) is 4.84. The van der Waals surface area contributed by atoms with Crippen LogP contribution in [0.25, 0.3) is 5.82 Å². The van der Waals surface area contributed by atoms with Gasteiger partial charge in [-0.25, -0.2) is 9.67 Å². The van der Waals surface area contributed by atoms with Gasteiger partial charge in [-0.3, -0.25) is 9.69 Å². The number of nitrogens with one attached hydrogen (secondary N) is 1. The first-order chi connectivity index (χ1) is 9.72. The highest BCUT2D eigenvalue weighted by Gasteiger charge is 2.09. The summed E-state index contributed by atoms with van der Waals surface area (Å²) >= 11 is 0. The van der Waals surface area contributed by atoms with Crippen molar-refractivity contribution in [1.82, 2.24) is 19.7 Å². The summed E-state index contributed by atoms with van der Waals surface area (Å²) in [6.45, 7) is 6.18. The Labute approximate surface area is 118 Å². The van der Waals surface area contributed by atoms with Crippen molar-refractivity contribution in [3.63, 3.8) is 0 Å². The molecular weight excluding hydrogens is 254 g/mol. The smallest absolute Gasteiger partial charge is 0.238 e. The van der Waals surface area contributed by atoms with Gasteiger partial charge in [-0.1, -0.05) is 19.9 Å². The van der Waals surface area contributed by atoms with Crippen LogP contribution in [0, 0.1) is 0 Å². The Hall–Kier alpha value is -2.21. The second kappa shape index (κ2) is 6.81. The van der Waals surface area contributed by atoms with Gasteiger partial charge in [0.25, 0.3) is 0 Å². The third kappa shape index (κ3) is 3.64. The number of carbonyl (C=O) groups is 1. The fourth-order valence-electron chi connectivity index (χ4n) is 1.85. The highest BCUT2D eigenvalue weighted by Crippen LogP contribution is 2.09. The van der Waals surface area contributed by atoms with Crippen LogP contribution >= 0.6 is 0 Å². The molecule has 0 saturated carbocycles. The minimum atomic E-state index is -0.0331. The van der Waals surface area contributed by atoms with Crippen LogP contribution in [0.15, 0.2) is 36.8 Å². The summed E-state index contributed by atoms with van der Waals surface area (Å²) in [5.74, 6) is 0.686. The molecule has 0 unspecified atom stereocenters. The lowest BCUT2D eigenvalue weighted by Gasteiger charge is -2.16. The first-order valence-electron chi connectivity index (χ1n) is 6.71. The zero-order valence-electron chi connectivity index (χ0n) is 11.8. The molecule has 0 radical (unpaired) electrons. The second-order valence-electron chi connectivity index (χ2n) is 4.37. The number of pyridine rings is 1. The van der Waals surface area contributed by atoms with Crippen molar-refractivity contribution >= 4 is 11.6 Å². The van der Waals surface area contributed by atoms with Crippen LogP contribution in [0.3, 0.4) is 0 Å². The molecular formula is C14H19N5O. The number of aromatic nitrogens is 3. The fourth-order valence-corrected chi connectivity index (χ4v) is 1.85. The molecule has 0 fully saturated rings.